The first-order valence-corrected chi connectivity index (χ1v) is 5.86. The first-order chi connectivity index (χ1) is 8.69. The van der Waals surface area contributed by atoms with Gasteiger partial charge in [0, 0.05) is 30.6 Å². The Labute approximate surface area is 105 Å². The molecule has 0 aliphatic rings. The first kappa shape index (κ1) is 12.3. The number of aryl methyl sites for hydroxylation is 2. The van der Waals surface area contributed by atoms with Crippen molar-refractivity contribution in [3.63, 3.8) is 0 Å². The fraction of sp³-hybridized carbons (Fsp3) is 0.417. The van der Waals surface area contributed by atoms with Crippen molar-refractivity contribution in [1.29, 1.82) is 0 Å². The molecule has 6 nitrogen and oxygen atoms in total. The molecule has 0 unspecified atom stereocenters. The molecule has 0 aromatic carbocycles. The predicted molar refractivity (Wildman–Crippen MR) is 65.7 cm³/mol. The zero-order valence-electron chi connectivity index (χ0n) is 10.5. The molecule has 0 N–H and O–H groups in total. The molecule has 0 atom stereocenters. The topological polar surface area (TPSA) is 61.9 Å². The summed E-state index contributed by atoms with van der Waals surface area (Å²) in [4.78, 5) is 11.2. The fourth-order valence-corrected chi connectivity index (χ4v) is 1.64. The lowest BCUT2D eigenvalue weighted by Crippen LogP contribution is -2.09. The summed E-state index contributed by atoms with van der Waals surface area (Å²) in [5.74, 6) is -0.198. The minimum absolute atomic E-state index is 0.198. The number of ether oxygens (including phenoxy) is 1. The van der Waals surface area contributed by atoms with Crippen molar-refractivity contribution in [3.05, 3.63) is 24.8 Å². The first-order valence-electron chi connectivity index (χ1n) is 5.86. The molecule has 0 radical (unpaired) electrons. The van der Waals surface area contributed by atoms with Gasteiger partial charge in [0.15, 0.2) is 0 Å². The standard InChI is InChI=1S/C12H16N4O2/c1-3-18-12(17)4-5-16-9-11(7-14-16)10-6-13-15(2)8-10/h6-9H,3-5H2,1-2H3. The average molecular weight is 248 g/mol. The number of nitrogens with zero attached hydrogens (tertiary/aromatic N) is 4. The molecule has 2 aromatic rings. The molecule has 2 heterocycles. The zero-order chi connectivity index (χ0) is 13.0. The molecule has 2 rings (SSSR count). The van der Waals surface area contributed by atoms with Crippen LogP contribution in [0.4, 0.5) is 0 Å². The van der Waals surface area contributed by atoms with Crippen molar-refractivity contribution in [2.75, 3.05) is 6.61 Å². The molecule has 0 bridgehead atoms. The van der Waals surface area contributed by atoms with Crippen LogP contribution in [0.2, 0.25) is 0 Å². The number of rotatable bonds is 5. The Morgan fingerprint density at radius 2 is 2.00 bits per heavy atom. The van der Waals surface area contributed by atoms with Gasteiger partial charge < -0.3 is 4.74 Å². The second-order valence-corrected chi connectivity index (χ2v) is 3.95. The molecule has 6 heteroatoms. The van der Waals surface area contributed by atoms with Crippen molar-refractivity contribution >= 4 is 5.97 Å². The maximum Gasteiger partial charge on any atom is 0.307 e. The van der Waals surface area contributed by atoms with Gasteiger partial charge in [-0.3, -0.25) is 14.2 Å². The molecule has 0 saturated heterocycles. The van der Waals surface area contributed by atoms with Gasteiger partial charge in [0.05, 0.1) is 32.0 Å². The van der Waals surface area contributed by atoms with Crippen LogP contribution in [0.3, 0.4) is 0 Å². The molecule has 96 valence electrons. The third-order valence-corrected chi connectivity index (χ3v) is 2.52. The van der Waals surface area contributed by atoms with E-state index < -0.39 is 0 Å². The van der Waals surface area contributed by atoms with E-state index in [9.17, 15) is 4.79 Å². The van der Waals surface area contributed by atoms with Crippen molar-refractivity contribution in [1.82, 2.24) is 19.6 Å². The number of hydrogen-bond donors (Lipinski definition) is 0. The summed E-state index contributed by atoms with van der Waals surface area (Å²) in [7, 11) is 1.87. The molecule has 2 aromatic heterocycles. The Morgan fingerprint density at radius 3 is 2.67 bits per heavy atom. The van der Waals surface area contributed by atoms with Crippen LogP contribution in [0.15, 0.2) is 24.8 Å². The van der Waals surface area contributed by atoms with Gasteiger partial charge in [-0.25, -0.2) is 0 Å². The highest BCUT2D eigenvalue weighted by atomic mass is 16.5. The van der Waals surface area contributed by atoms with E-state index in [0.29, 0.717) is 19.6 Å². The van der Waals surface area contributed by atoms with Crippen molar-refractivity contribution in [3.8, 4) is 11.1 Å². The van der Waals surface area contributed by atoms with Crippen LogP contribution in [-0.4, -0.2) is 32.1 Å². The van der Waals surface area contributed by atoms with E-state index in [1.54, 1.807) is 28.7 Å². The molecule has 0 aliphatic carbocycles. The Bertz CT molecular complexity index is 530. The van der Waals surface area contributed by atoms with E-state index >= 15 is 0 Å². The highest BCUT2D eigenvalue weighted by Crippen LogP contribution is 2.16. The molecule has 0 spiro atoms. The zero-order valence-corrected chi connectivity index (χ0v) is 10.5. The normalized spacial score (nSPS) is 10.6. The number of carbonyl (C=O) groups excluding carboxylic acids is 1. The maximum atomic E-state index is 11.2. The van der Waals surface area contributed by atoms with Crippen LogP contribution in [0.5, 0.6) is 0 Å². The summed E-state index contributed by atoms with van der Waals surface area (Å²) in [5.41, 5.74) is 2.01. The van der Waals surface area contributed by atoms with Gasteiger partial charge in [-0.05, 0) is 6.92 Å². The largest absolute Gasteiger partial charge is 0.466 e. The van der Waals surface area contributed by atoms with Gasteiger partial charge in [-0.15, -0.1) is 0 Å². The number of aromatic nitrogens is 4. The van der Waals surface area contributed by atoms with E-state index in [2.05, 4.69) is 10.2 Å². The summed E-state index contributed by atoms with van der Waals surface area (Å²) < 4.78 is 8.34. The molecular formula is C12H16N4O2. The number of esters is 1. The maximum absolute atomic E-state index is 11.2. The SMILES string of the molecule is CCOC(=O)CCn1cc(-c2cnn(C)c2)cn1. The molecule has 0 amide bonds. The second kappa shape index (κ2) is 5.48. The Kier molecular flexibility index (Phi) is 3.76. The second-order valence-electron chi connectivity index (χ2n) is 3.95. The Balaban J connectivity index is 1.96. The summed E-state index contributed by atoms with van der Waals surface area (Å²) in [6.07, 6.45) is 7.71. The summed E-state index contributed by atoms with van der Waals surface area (Å²) in [6.45, 7) is 2.74. The third kappa shape index (κ3) is 2.97. The van der Waals surface area contributed by atoms with Gasteiger partial charge in [-0.2, -0.15) is 10.2 Å². The van der Waals surface area contributed by atoms with Crippen molar-refractivity contribution < 1.29 is 9.53 Å². The summed E-state index contributed by atoms with van der Waals surface area (Å²) >= 11 is 0. The summed E-state index contributed by atoms with van der Waals surface area (Å²) in [5, 5.41) is 8.31. The van der Waals surface area contributed by atoms with Crippen molar-refractivity contribution in [2.45, 2.75) is 19.9 Å². The smallest absolute Gasteiger partial charge is 0.307 e. The lowest BCUT2D eigenvalue weighted by molar-refractivity contribution is -0.143. The predicted octanol–water partition coefficient (Wildman–Crippen LogP) is 1.24. The molecule has 0 saturated carbocycles. The highest BCUT2D eigenvalue weighted by Gasteiger charge is 2.06. The summed E-state index contributed by atoms with van der Waals surface area (Å²) in [6, 6.07) is 0. The molecule has 0 aliphatic heterocycles. The third-order valence-electron chi connectivity index (χ3n) is 2.52. The van der Waals surface area contributed by atoms with Crippen LogP contribution in [0, 0.1) is 0 Å². The van der Waals surface area contributed by atoms with E-state index in [1.165, 1.54) is 0 Å². The van der Waals surface area contributed by atoms with Gasteiger partial charge >= 0.3 is 5.97 Å². The van der Waals surface area contributed by atoms with E-state index in [4.69, 9.17) is 4.74 Å². The molecule has 18 heavy (non-hydrogen) atoms. The van der Waals surface area contributed by atoms with Crippen molar-refractivity contribution in [2.24, 2.45) is 7.05 Å². The van der Waals surface area contributed by atoms with Gasteiger partial charge in [0.25, 0.3) is 0 Å². The Morgan fingerprint density at radius 1 is 1.28 bits per heavy atom. The minimum Gasteiger partial charge on any atom is -0.466 e. The lowest BCUT2D eigenvalue weighted by Gasteiger charge is -2.01. The van der Waals surface area contributed by atoms with Gasteiger partial charge in [0.2, 0.25) is 0 Å². The quantitative estimate of drug-likeness (QED) is 0.747. The Hall–Kier alpha value is -2.11. The minimum atomic E-state index is -0.198. The average Bonchev–Trinajstić information content (AvgIpc) is 2.95. The highest BCUT2D eigenvalue weighted by molar-refractivity contribution is 5.69. The lowest BCUT2D eigenvalue weighted by atomic mass is 10.2. The van der Waals surface area contributed by atoms with E-state index in [1.807, 2.05) is 19.4 Å². The number of carbonyl (C=O) groups is 1. The van der Waals surface area contributed by atoms with E-state index in [0.717, 1.165) is 11.1 Å². The molecular weight excluding hydrogens is 232 g/mol. The van der Waals surface area contributed by atoms with Gasteiger partial charge in [0.1, 0.15) is 0 Å². The van der Waals surface area contributed by atoms with Crippen LogP contribution in [0.1, 0.15) is 13.3 Å². The van der Waals surface area contributed by atoms with E-state index in [-0.39, 0.29) is 5.97 Å². The number of hydrogen-bond acceptors (Lipinski definition) is 4. The fourth-order valence-electron chi connectivity index (χ4n) is 1.64. The van der Waals surface area contributed by atoms with Crippen LogP contribution >= 0.6 is 0 Å². The van der Waals surface area contributed by atoms with Crippen LogP contribution < -0.4 is 0 Å². The monoisotopic (exact) mass is 248 g/mol. The van der Waals surface area contributed by atoms with Gasteiger partial charge in [-0.1, -0.05) is 0 Å². The van der Waals surface area contributed by atoms with Crippen LogP contribution in [0.25, 0.3) is 11.1 Å². The van der Waals surface area contributed by atoms with Crippen LogP contribution in [-0.2, 0) is 23.1 Å². The molecule has 0 fully saturated rings.